The van der Waals surface area contributed by atoms with Crippen molar-refractivity contribution in [3.8, 4) is 0 Å². The number of ether oxygens (including phenoxy) is 2. The molecule has 23 heavy (non-hydrogen) atoms. The Morgan fingerprint density at radius 3 is 2.43 bits per heavy atom. The number of hydrogen-bond acceptors (Lipinski definition) is 4. The molecule has 0 aliphatic carbocycles. The van der Waals surface area contributed by atoms with Crippen molar-refractivity contribution in [3.05, 3.63) is 0 Å². The summed E-state index contributed by atoms with van der Waals surface area (Å²) in [5.74, 6) is 1.48. The van der Waals surface area contributed by atoms with Gasteiger partial charge in [-0.2, -0.15) is 0 Å². The maximum Gasteiger partial charge on any atom is 0.0628 e. The third-order valence-electron chi connectivity index (χ3n) is 5.25. The van der Waals surface area contributed by atoms with Gasteiger partial charge in [-0.05, 0) is 79.4 Å². The molecule has 0 aromatic carbocycles. The van der Waals surface area contributed by atoms with Crippen molar-refractivity contribution in [2.75, 3.05) is 46.9 Å². The van der Waals surface area contributed by atoms with Gasteiger partial charge in [0.05, 0.1) is 24.9 Å². The zero-order valence-electron chi connectivity index (χ0n) is 16.2. The van der Waals surface area contributed by atoms with Gasteiger partial charge in [-0.15, -0.1) is 0 Å². The standard InChI is InChI=1S/C19H38N2O2/c1-15(22-13-16-7-8-20(5)11-16)9-17-10-18(21(6)12-17)14-23-19(2,3)4/h15-18H,7-14H2,1-6H3/t15?,16-,17?,18+/m0/s1. The van der Waals surface area contributed by atoms with Crippen LogP contribution in [0.3, 0.4) is 0 Å². The van der Waals surface area contributed by atoms with Crippen LogP contribution in [0.1, 0.15) is 47.0 Å². The van der Waals surface area contributed by atoms with Crippen molar-refractivity contribution >= 4 is 0 Å². The molecule has 2 fully saturated rings. The van der Waals surface area contributed by atoms with Crippen molar-refractivity contribution in [2.45, 2.75) is 64.7 Å². The quantitative estimate of drug-likeness (QED) is 0.718. The summed E-state index contributed by atoms with van der Waals surface area (Å²) < 4.78 is 12.1. The predicted molar refractivity (Wildman–Crippen MR) is 95.9 cm³/mol. The van der Waals surface area contributed by atoms with Gasteiger partial charge in [-0.3, -0.25) is 0 Å². The minimum Gasteiger partial charge on any atom is -0.378 e. The number of hydrogen-bond donors (Lipinski definition) is 0. The molecule has 2 rings (SSSR count). The van der Waals surface area contributed by atoms with Crippen LogP contribution in [0.5, 0.6) is 0 Å². The number of nitrogens with zero attached hydrogens (tertiary/aromatic N) is 2. The Labute approximate surface area is 143 Å². The van der Waals surface area contributed by atoms with E-state index in [9.17, 15) is 0 Å². The molecule has 2 unspecified atom stereocenters. The summed E-state index contributed by atoms with van der Waals surface area (Å²) in [6.07, 6.45) is 4.09. The fourth-order valence-electron chi connectivity index (χ4n) is 3.91. The summed E-state index contributed by atoms with van der Waals surface area (Å²) in [5, 5.41) is 0. The summed E-state index contributed by atoms with van der Waals surface area (Å²) in [5.41, 5.74) is -0.0379. The van der Waals surface area contributed by atoms with E-state index in [0.29, 0.717) is 12.1 Å². The van der Waals surface area contributed by atoms with Gasteiger partial charge < -0.3 is 19.3 Å². The lowest BCUT2D eigenvalue weighted by molar-refractivity contribution is -0.0253. The van der Waals surface area contributed by atoms with Gasteiger partial charge in [0.2, 0.25) is 0 Å². The van der Waals surface area contributed by atoms with E-state index in [2.05, 4.69) is 51.6 Å². The molecular formula is C19H38N2O2. The van der Waals surface area contributed by atoms with Gasteiger partial charge in [-0.1, -0.05) is 0 Å². The van der Waals surface area contributed by atoms with Gasteiger partial charge >= 0.3 is 0 Å². The maximum atomic E-state index is 6.14. The summed E-state index contributed by atoms with van der Waals surface area (Å²) in [4.78, 5) is 4.87. The second-order valence-electron chi connectivity index (χ2n) is 8.92. The van der Waals surface area contributed by atoms with E-state index in [0.717, 1.165) is 25.0 Å². The first kappa shape index (κ1) is 19.2. The number of likely N-dealkylation sites (tertiary alicyclic amines) is 2. The molecule has 0 aromatic rings. The Bertz CT molecular complexity index is 356. The fraction of sp³-hybridized carbons (Fsp3) is 1.00. The molecule has 2 heterocycles. The Hall–Kier alpha value is -0.160. The van der Waals surface area contributed by atoms with Gasteiger partial charge in [-0.25, -0.2) is 0 Å². The third kappa shape index (κ3) is 6.69. The summed E-state index contributed by atoms with van der Waals surface area (Å²) in [6.45, 7) is 14.0. The highest BCUT2D eigenvalue weighted by Gasteiger charge is 2.31. The van der Waals surface area contributed by atoms with Crippen molar-refractivity contribution in [1.82, 2.24) is 9.80 Å². The zero-order chi connectivity index (χ0) is 17.0. The van der Waals surface area contributed by atoms with Gasteiger partial charge in [0.1, 0.15) is 0 Å². The molecule has 4 nitrogen and oxygen atoms in total. The lowest BCUT2D eigenvalue weighted by Crippen LogP contribution is -2.33. The zero-order valence-corrected chi connectivity index (χ0v) is 16.2. The minimum atomic E-state index is -0.0379. The molecule has 4 heteroatoms. The van der Waals surface area contributed by atoms with Crippen molar-refractivity contribution in [3.63, 3.8) is 0 Å². The monoisotopic (exact) mass is 326 g/mol. The average Bonchev–Trinajstić information content (AvgIpc) is 2.99. The summed E-state index contributed by atoms with van der Waals surface area (Å²) >= 11 is 0. The first-order valence-corrected chi connectivity index (χ1v) is 9.37. The molecule has 0 amide bonds. The molecule has 4 atom stereocenters. The predicted octanol–water partition coefficient (Wildman–Crippen LogP) is 2.87. The molecule has 0 bridgehead atoms. The van der Waals surface area contributed by atoms with Crippen molar-refractivity contribution in [1.29, 1.82) is 0 Å². The van der Waals surface area contributed by atoms with Gasteiger partial charge in [0.25, 0.3) is 0 Å². The molecule has 2 aliphatic heterocycles. The second-order valence-corrected chi connectivity index (χ2v) is 8.92. The Morgan fingerprint density at radius 1 is 1.09 bits per heavy atom. The lowest BCUT2D eigenvalue weighted by atomic mass is 9.99. The Kier molecular flexibility index (Phi) is 6.90. The minimum absolute atomic E-state index is 0.0379. The van der Waals surface area contributed by atoms with Crippen LogP contribution in [-0.4, -0.2) is 74.5 Å². The topological polar surface area (TPSA) is 24.9 Å². The molecule has 0 saturated carbocycles. The smallest absolute Gasteiger partial charge is 0.0628 e. The van der Waals surface area contributed by atoms with Crippen LogP contribution >= 0.6 is 0 Å². The second kappa shape index (κ2) is 8.28. The molecule has 0 radical (unpaired) electrons. The van der Waals surface area contributed by atoms with Crippen LogP contribution in [0.2, 0.25) is 0 Å². The molecule has 136 valence electrons. The largest absolute Gasteiger partial charge is 0.378 e. The van der Waals surface area contributed by atoms with Crippen LogP contribution in [-0.2, 0) is 9.47 Å². The van der Waals surface area contributed by atoms with Crippen LogP contribution in [0.15, 0.2) is 0 Å². The van der Waals surface area contributed by atoms with E-state index in [1.54, 1.807) is 0 Å². The van der Waals surface area contributed by atoms with Crippen LogP contribution < -0.4 is 0 Å². The highest BCUT2D eigenvalue weighted by Crippen LogP contribution is 2.27. The molecule has 0 aromatic heterocycles. The van der Waals surface area contributed by atoms with Gasteiger partial charge in [0.15, 0.2) is 0 Å². The fourth-order valence-corrected chi connectivity index (χ4v) is 3.91. The normalized spacial score (nSPS) is 31.8. The number of rotatable bonds is 7. The van der Waals surface area contributed by atoms with Crippen molar-refractivity contribution < 1.29 is 9.47 Å². The molecule has 2 saturated heterocycles. The van der Waals surface area contributed by atoms with Gasteiger partial charge in [0, 0.05) is 19.1 Å². The number of likely N-dealkylation sites (N-methyl/N-ethyl adjacent to an activating group) is 1. The Balaban J connectivity index is 1.65. The average molecular weight is 327 g/mol. The third-order valence-corrected chi connectivity index (χ3v) is 5.25. The summed E-state index contributed by atoms with van der Waals surface area (Å²) in [7, 11) is 4.44. The van der Waals surface area contributed by atoms with Crippen molar-refractivity contribution in [2.24, 2.45) is 11.8 Å². The van der Waals surface area contributed by atoms with E-state index >= 15 is 0 Å². The maximum absolute atomic E-state index is 6.14. The van der Waals surface area contributed by atoms with Crippen LogP contribution in [0, 0.1) is 11.8 Å². The van der Waals surface area contributed by atoms with E-state index < -0.39 is 0 Å². The van der Waals surface area contributed by atoms with Crippen LogP contribution in [0.25, 0.3) is 0 Å². The van der Waals surface area contributed by atoms with E-state index in [4.69, 9.17) is 9.47 Å². The van der Waals surface area contributed by atoms with E-state index in [1.807, 2.05) is 0 Å². The Morgan fingerprint density at radius 2 is 1.83 bits per heavy atom. The molecule has 2 aliphatic rings. The highest BCUT2D eigenvalue weighted by molar-refractivity contribution is 4.85. The van der Waals surface area contributed by atoms with E-state index in [1.165, 1.54) is 38.9 Å². The first-order chi connectivity index (χ1) is 10.7. The molecule has 0 N–H and O–H groups in total. The SMILES string of the molecule is CC(CC1C[C@H](COC(C)(C)C)N(C)C1)OC[C@H]1CCN(C)C1. The molecule has 0 spiro atoms. The lowest BCUT2D eigenvalue weighted by Gasteiger charge is -2.25. The summed E-state index contributed by atoms with van der Waals surface area (Å²) in [6, 6.07) is 0.565. The highest BCUT2D eigenvalue weighted by atomic mass is 16.5. The van der Waals surface area contributed by atoms with Crippen LogP contribution in [0.4, 0.5) is 0 Å². The van der Waals surface area contributed by atoms with E-state index in [-0.39, 0.29) is 5.60 Å². The first-order valence-electron chi connectivity index (χ1n) is 9.37. The molecular weight excluding hydrogens is 288 g/mol.